The van der Waals surface area contributed by atoms with Crippen LogP contribution in [0, 0.1) is 0 Å². The molecular weight excluding hydrogens is 354 g/mol. The second-order valence-corrected chi connectivity index (χ2v) is 6.45. The lowest BCUT2D eigenvalue weighted by Gasteiger charge is -2.21. The van der Waals surface area contributed by atoms with E-state index in [1.807, 2.05) is 32.2 Å². The van der Waals surface area contributed by atoms with E-state index in [1.54, 1.807) is 32.5 Å². The molecule has 0 aliphatic carbocycles. The van der Waals surface area contributed by atoms with Crippen LogP contribution in [0.3, 0.4) is 0 Å². The van der Waals surface area contributed by atoms with Crippen molar-refractivity contribution in [3.05, 3.63) is 47.2 Å². The van der Waals surface area contributed by atoms with E-state index >= 15 is 0 Å². The third kappa shape index (κ3) is 5.09. The second kappa shape index (κ2) is 9.40. The zero-order chi connectivity index (χ0) is 19.1. The van der Waals surface area contributed by atoms with Gasteiger partial charge in [-0.25, -0.2) is 4.98 Å². The molecule has 6 nitrogen and oxygen atoms in total. The van der Waals surface area contributed by atoms with E-state index in [4.69, 9.17) is 21.1 Å². The van der Waals surface area contributed by atoms with E-state index in [1.165, 1.54) is 0 Å². The Kier molecular flexibility index (Phi) is 7.24. The van der Waals surface area contributed by atoms with Gasteiger partial charge in [0.1, 0.15) is 0 Å². The van der Waals surface area contributed by atoms with Gasteiger partial charge in [0, 0.05) is 12.6 Å². The van der Waals surface area contributed by atoms with Crippen molar-refractivity contribution in [1.82, 2.24) is 4.98 Å². The van der Waals surface area contributed by atoms with Gasteiger partial charge in [0.25, 0.3) is 5.91 Å². The summed E-state index contributed by atoms with van der Waals surface area (Å²) in [4.78, 5) is 17.5. The number of halogens is 1. The fraction of sp³-hybridized carbons (Fsp3) is 0.368. The van der Waals surface area contributed by atoms with Crippen molar-refractivity contribution in [2.45, 2.75) is 19.4 Å². The molecule has 0 fully saturated rings. The molecule has 0 bridgehead atoms. The highest BCUT2D eigenvalue weighted by Crippen LogP contribution is 2.27. The van der Waals surface area contributed by atoms with Gasteiger partial charge in [-0.3, -0.25) is 4.79 Å². The van der Waals surface area contributed by atoms with Crippen molar-refractivity contribution >= 4 is 23.2 Å². The van der Waals surface area contributed by atoms with Crippen LogP contribution in [0.1, 0.15) is 12.5 Å². The van der Waals surface area contributed by atoms with Crippen LogP contribution in [0.2, 0.25) is 5.15 Å². The van der Waals surface area contributed by atoms with Crippen molar-refractivity contribution in [2.24, 2.45) is 0 Å². The molecule has 1 amide bonds. The van der Waals surface area contributed by atoms with Gasteiger partial charge in [-0.1, -0.05) is 17.7 Å². The summed E-state index contributed by atoms with van der Waals surface area (Å²) in [5, 5.41) is 3.12. The first-order valence-electron chi connectivity index (χ1n) is 8.40. The van der Waals surface area contributed by atoms with Gasteiger partial charge >= 0.3 is 0 Å². The third-order valence-electron chi connectivity index (χ3n) is 4.41. The molecule has 1 aromatic carbocycles. The topological polar surface area (TPSA) is 64.9 Å². The Morgan fingerprint density at radius 1 is 1.27 bits per heavy atom. The minimum Gasteiger partial charge on any atom is -0.493 e. The number of hydrogen-bond acceptors (Lipinski definition) is 4. The van der Waals surface area contributed by atoms with E-state index in [9.17, 15) is 4.79 Å². The molecule has 0 aliphatic rings. The van der Waals surface area contributed by atoms with Gasteiger partial charge in [-0.15, -0.1) is 0 Å². The molecular formula is C19H25ClN3O3+. The fourth-order valence-electron chi connectivity index (χ4n) is 2.54. The number of nitrogens with one attached hydrogen (secondary N) is 2. The second-order valence-electron chi connectivity index (χ2n) is 6.09. The summed E-state index contributed by atoms with van der Waals surface area (Å²) in [6, 6.07) is 9.11. The van der Waals surface area contributed by atoms with Crippen LogP contribution >= 0.6 is 11.6 Å². The van der Waals surface area contributed by atoms with Crippen molar-refractivity contribution in [2.75, 3.05) is 33.1 Å². The minimum atomic E-state index is -0.230. The Morgan fingerprint density at radius 3 is 2.65 bits per heavy atom. The smallest absolute Gasteiger partial charge is 0.282 e. The molecule has 7 heteroatoms. The Hall–Kier alpha value is -2.31. The van der Waals surface area contributed by atoms with E-state index in [2.05, 4.69) is 10.3 Å². The van der Waals surface area contributed by atoms with Gasteiger partial charge in [0.2, 0.25) is 0 Å². The zero-order valence-electron chi connectivity index (χ0n) is 15.5. The quantitative estimate of drug-likeness (QED) is 0.688. The zero-order valence-corrected chi connectivity index (χ0v) is 16.3. The number of methoxy groups -OCH3 is 2. The average Bonchev–Trinajstić information content (AvgIpc) is 2.66. The van der Waals surface area contributed by atoms with E-state index in [0.717, 1.165) is 23.4 Å². The highest BCUT2D eigenvalue weighted by Gasteiger charge is 2.22. The molecule has 26 heavy (non-hydrogen) atoms. The number of amides is 1. The van der Waals surface area contributed by atoms with Crippen LogP contribution < -0.4 is 19.7 Å². The van der Waals surface area contributed by atoms with Gasteiger partial charge in [-0.2, -0.15) is 0 Å². The number of anilines is 1. The Balaban J connectivity index is 1.93. The summed E-state index contributed by atoms with van der Waals surface area (Å²) in [5.74, 6) is 1.32. The van der Waals surface area contributed by atoms with Crippen molar-refractivity contribution in [3.63, 3.8) is 0 Å². The fourth-order valence-corrected chi connectivity index (χ4v) is 2.70. The number of ether oxygens (including phenoxy) is 2. The van der Waals surface area contributed by atoms with Crippen LogP contribution in [0.25, 0.3) is 0 Å². The molecule has 140 valence electrons. The van der Waals surface area contributed by atoms with Gasteiger partial charge in [-0.05, 0) is 36.8 Å². The monoisotopic (exact) mass is 378 g/mol. The molecule has 1 aromatic heterocycles. The largest absolute Gasteiger partial charge is 0.493 e. The predicted molar refractivity (Wildman–Crippen MR) is 102 cm³/mol. The molecule has 0 saturated heterocycles. The lowest BCUT2D eigenvalue weighted by atomic mass is 10.1. The summed E-state index contributed by atoms with van der Waals surface area (Å²) >= 11 is 5.99. The maximum atomic E-state index is 12.4. The lowest BCUT2D eigenvalue weighted by molar-refractivity contribution is -0.893. The SMILES string of the molecule is COc1ccc(CC[NH+](C)[C@@H](C)C(=O)Nc2cccnc2Cl)cc1OC. The molecule has 0 aliphatic heterocycles. The van der Waals surface area contributed by atoms with Crippen LogP contribution in [-0.4, -0.2) is 44.7 Å². The predicted octanol–water partition coefficient (Wildman–Crippen LogP) is 1.84. The van der Waals surface area contributed by atoms with Crippen LogP contribution in [-0.2, 0) is 11.2 Å². The molecule has 2 aromatic rings. The van der Waals surface area contributed by atoms with Crippen LogP contribution in [0.15, 0.2) is 36.5 Å². The number of rotatable bonds is 8. The molecule has 2 N–H and O–H groups in total. The molecule has 2 rings (SSSR count). The van der Waals surface area contributed by atoms with E-state index in [-0.39, 0.29) is 17.1 Å². The highest BCUT2D eigenvalue weighted by atomic mass is 35.5. The first-order chi connectivity index (χ1) is 12.5. The van der Waals surface area contributed by atoms with Gasteiger partial charge < -0.3 is 19.7 Å². The number of aromatic nitrogens is 1. The Morgan fingerprint density at radius 2 is 2.00 bits per heavy atom. The average molecular weight is 379 g/mol. The number of hydrogen-bond donors (Lipinski definition) is 2. The summed E-state index contributed by atoms with van der Waals surface area (Å²) in [5.41, 5.74) is 1.66. The molecule has 2 atom stereocenters. The maximum Gasteiger partial charge on any atom is 0.282 e. The van der Waals surface area contributed by atoms with Crippen LogP contribution in [0.5, 0.6) is 11.5 Å². The lowest BCUT2D eigenvalue weighted by Crippen LogP contribution is -3.14. The summed E-state index contributed by atoms with van der Waals surface area (Å²) in [6.07, 6.45) is 2.40. The van der Waals surface area contributed by atoms with Crippen molar-refractivity contribution in [3.8, 4) is 11.5 Å². The number of carbonyl (C=O) groups is 1. The van der Waals surface area contributed by atoms with E-state index < -0.39 is 0 Å². The summed E-state index contributed by atoms with van der Waals surface area (Å²) in [6.45, 7) is 2.69. The molecule has 1 heterocycles. The molecule has 0 saturated carbocycles. The van der Waals surface area contributed by atoms with Crippen molar-refractivity contribution in [1.29, 1.82) is 0 Å². The minimum absolute atomic E-state index is 0.0929. The Bertz CT molecular complexity index is 755. The molecule has 0 spiro atoms. The van der Waals surface area contributed by atoms with Gasteiger partial charge in [0.05, 0.1) is 33.5 Å². The van der Waals surface area contributed by atoms with E-state index in [0.29, 0.717) is 17.2 Å². The van der Waals surface area contributed by atoms with Gasteiger partial charge in [0.15, 0.2) is 22.7 Å². The first-order valence-corrected chi connectivity index (χ1v) is 8.78. The number of benzene rings is 1. The normalized spacial score (nSPS) is 13.0. The standard InChI is InChI=1S/C19H24ClN3O3/c1-13(19(24)22-15-6-5-10-21-18(15)20)23(2)11-9-14-7-8-16(25-3)17(12-14)26-4/h5-8,10,12-13H,9,11H2,1-4H3,(H,22,24)/p+1/t13-/m0/s1. The third-order valence-corrected chi connectivity index (χ3v) is 4.71. The number of carbonyl (C=O) groups excluding carboxylic acids is 1. The maximum absolute atomic E-state index is 12.4. The number of likely N-dealkylation sites (N-methyl/N-ethyl adjacent to an activating group) is 1. The van der Waals surface area contributed by atoms with Crippen LogP contribution in [0.4, 0.5) is 5.69 Å². The number of pyridine rings is 1. The molecule has 1 unspecified atom stereocenters. The highest BCUT2D eigenvalue weighted by molar-refractivity contribution is 6.32. The summed E-state index contributed by atoms with van der Waals surface area (Å²) in [7, 11) is 5.23. The summed E-state index contributed by atoms with van der Waals surface area (Å²) < 4.78 is 10.6. The first kappa shape index (κ1) is 20.0. The van der Waals surface area contributed by atoms with Crippen molar-refractivity contribution < 1.29 is 19.2 Å². The number of nitrogens with zero attached hydrogens (tertiary/aromatic N) is 1. The number of quaternary nitrogens is 1. The molecule has 0 radical (unpaired) electrons. The Labute approximate surface area is 159 Å².